The number of nitrogens with one attached hydrogen (secondary N) is 1. The number of methoxy groups -OCH3 is 2. The number of imidazole rings is 1. The van der Waals surface area contributed by atoms with Crippen molar-refractivity contribution >= 4 is 23.2 Å². The van der Waals surface area contributed by atoms with Gasteiger partial charge in [-0.25, -0.2) is 4.98 Å². The average Bonchev–Trinajstić information content (AvgIpc) is 3.13. The molecule has 3 aromatic rings. The molecular weight excluding hydrogens is 332 g/mol. The molecule has 3 rings (SSSR count). The minimum Gasteiger partial charge on any atom is -0.481 e. The molecule has 0 bridgehead atoms. The molecule has 24 heavy (non-hydrogen) atoms. The van der Waals surface area contributed by atoms with Gasteiger partial charge in [0.15, 0.2) is 5.15 Å². The summed E-state index contributed by atoms with van der Waals surface area (Å²) >= 11 is 6.45. The maximum absolute atomic E-state index is 6.45. The first kappa shape index (κ1) is 16.5. The topological polar surface area (TPSA) is 78.5 Å². The number of halogens is 1. The molecular formula is C15H19ClN6O2. The van der Waals surface area contributed by atoms with Gasteiger partial charge in [0.05, 0.1) is 19.4 Å². The van der Waals surface area contributed by atoms with Crippen molar-refractivity contribution in [3.05, 3.63) is 29.3 Å². The van der Waals surface area contributed by atoms with E-state index in [0.717, 1.165) is 5.69 Å². The van der Waals surface area contributed by atoms with Crippen LogP contribution in [0.5, 0.6) is 5.88 Å². The Hall–Kier alpha value is -2.32. The largest absolute Gasteiger partial charge is 0.481 e. The standard InChI is InChI=1S/C15H19ClN6O2/c1-9-7-11(24-4)22(20-9)12-13(16)19-15-17-5-6-21(15)14(12)18-10(2)8-23-3/h5-7,10,18H,8H2,1-4H3. The Morgan fingerprint density at radius 2 is 2.17 bits per heavy atom. The first-order valence-corrected chi connectivity index (χ1v) is 7.82. The van der Waals surface area contributed by atoms with Crippen molar-refractivity contribution in [2.45, 2.75) is 19.9 Å². The van der Waals surface area contributed by atoms with Crippen LogP contribution >= 0.6 is 11.6 Å². The van der Waals surface area contributed by atoms with Gasteiger partial charge in [-0.3, -0.25) is 4.40 Å². The van der Waals surface area contributed by atoms with Crippen molar-refractivity contribution in [2.24, 2.45) is 0 Å². The Morgan fingerprint density at radius 1 is 1.38 bits per heavy atom. The Labute approximate surface area is 144 Å². The van der Waals surface area contributed by atoms with Crippen LogP contribution in [0.4, 0.5) is 5.82 Å². The van der Waals surface area contributed by atoms with Gasteiger partial charge in [-0.1, -0.05) is 11.6 Å². The van der Waals surface area contributed by atoms with E-state index >= 15 is 0 Å². The second-order valence-corrected chi connectivity index (χ2v) is 5.80. The summed E-state index contributed by atoms with van der Waals surface area (Å²) in [5.41, 5.74) is 1.40. The number of ether oxygens (including phenoxy) is 2. The van der Waals surface area contributed by atoms with Crippen LogP contribution in [0.1, 0.15) is 12.6 Å². The third kappa shape index (κ3) is 2.90. The minimum atomic E-state index is 0.0421. The van der Waals surface area contributed by atoms with Crippen molar-refractivity contribution in [1.82, 2.24) is 24.1 Å². The zero-order valence-corrected chi connectivity index (χ0v) is 14.7. The lowest BCUT2D eigenvalue weighted by Gasteiger charge is -2.20. The number of nitrogens with zero attached hydrogens (tertiary/aromatic N) is 5. The fourth-order valence-corrected chi connectivity index (χ4v) is 2.78. The number of fused-ring (bicyclic) bond motifs is 1. The van der Waals surface area contributed by atoms with E-state index in [-0.39, 0.29) is 11.2 Å². The van der Waals surface area contributed by atoms with Gasteiger partial charge in [0.1, 0.15) is 11.5 Å². The molecule has 0 aliphatic carbocycles. The van der Waals surface area contributed by atoms with Crippen molar-refractivity contribution in [3.8, 4) is 11.6 Å². The number of hydrogen-bond acceptors (Lipinski definition) is 6. The van der Waals surface area contributed by atoms with Gasteiger partial charge < -0.3 is 14.8 Å². The zero-order chi connectivity index (χ0) is 17.3. The van der Waals surface area contributed by atoms with Crippen molar-refractivity contribution < 1.29 is 9.47 Å². The molecule has 128 valence electrons. The van der Waals surface area contributed by atoms with E-state index in [9.17, 15) is 0 Å². The van der Waals surface area contributed by atoms with Crippen molar-refractivity contribution in [2.75, 3.05) is 26.1 Å². The summed E-state index contributed by atoms with van der Waals surface area (Å²) in [6.07, 6.45) is 3.48. The number of aryl methyl sites for hydroxylation is 1. The molecule has 1 N–H and O–H groups in total. The van der Waals surface area contributed by atoms with Crippen LogP contribution in [-0.4, -0.2) is 51.0 Å². The Bertz CT molecular complexity index is 859. The number of rotatable bonds is 6. The van der Waals surface area contributed by atoms with Crippen LogP contribution < -0.4 is 10.1 Å². The summed E-state index contributed by atoms with van der Waals surface area (Å²) in [4.78, 5) is 8.55. The van der Waals surface area contributed by atoms with E-state index in [2.05, 4.69) is 20.4 Å². The Morgan fingerprint density at radius 3 is 2.88 bits per heavy atom. The minimum absolute atomic E-state index is 0.0421. The summed E-state index contributed by atoms with van der Waals surface area (Å²) in [7, 11) is 3.25. The average molecular weight is 351 g/mol. The fourth-order valence-electron chi connectivity index (χ4n) is 2.54. The SMILES string of the molecule is COCC(C)Nc1c(-n2nc(C)cc2OC)c(Cl)nc2nccn12. The maximum atomic E-state index is 6.45. The lowest BCUT2D eigenvalue weighted by atomic mass is 10.3. The predicted molar refractivity (Wildman–Crippen MR) is 91.4 cm³/mol. The lowest BCUT2D eigenvalue weighted by molar-refractivity contribution is 0.190. The molecule has 1 atom stereocenters. The Kier molecular flexibility index (Phi) is 4.59. The third-order valence-electron chi connectivity index (χ3n) is 3.50. The highest BCUT2D eigenvalue weighted by Gasteiger charge is 2.21. The predicted octanol–water partition coefficient (Wildman–Crippen LogP) is 2.33. The van der Waals surface area contributed by atoms with Crippen LogP contribution in [-0.2, 0) is 4.74 Å². The van der Waals surface area contributed by atoms with Gasteiger partial charge >= 0.3 is 0 Å². The first-order chi connectivity index (χ1) is 11.5. The normalized spacial score (nSPS) is 12.5. The van der Waals surface area contributed by atoms with E-state index in [0.29, 0.717) is 29.8 Å². The number of anilines is 1. The highest BCUT2D eigenvalue weighted by Crippen LogP contribution is 2.31. The molecule has 0 radical (unpaired) electrons. The van der Waals surface area contributed by atoms with Crippen LogP contribution in [0.15, 0.2) is 18.5 Å². The molecule has 9 heteroatoms. The lowest BCUT2D eigenvalue weighted by Crippen LogP contribution is -2.24. The second-order valence-electron chi connectivity index (χ2n) is 5.44. The van der Waals surface area contributed by atoms with Crippen LogP contribution in [0.2, 0.25) is 5.15 Å². The van der Waals surface area contributed by atoms with E-state index in [1.807, 2.05) is 30.5 Å². The van der Waals surface area contributed by atoms with Gasteiger partial charge in [0, 0.05) is 31.6 Å². The van der Waals surface area contributed by atoms with E-state index in [1.54, 1.807) is 25.1 Å². The van der Waals surface area contributed by atoms with Crippen molar-refractivity contribution in [3.63, 3.8) is 0 Å². The molecule has 3 heterocycles. The molecule has 0 fully saturated rings. The highest BCUT2D eigenvalue weighted by atomic mass is 35.5. The van der Waals surface area contributed by atoms with E-state index in [4.69, 9.17) is 21.1 Å². The quantitative estimate of drug-likeness (QED) is 0.687. The van der Waals surface area contributed by atoms with Crippen LogP contribution in [0, 0.1) is 6.92 Å². The summed E-state index contributed by atoms with van der Waals surface area (Å²) in [6.45, 7) is 4.43. The second kappa shape index (κ2) is 6.66. The van der Waals surface area contributed by atoms with Gasteiger partial charge in [0.2, 0.25) is 11.7 Å². The number of hydrogen-bond donors (Lipinski definition) is 1. The maximum Gasteiger partial charge on any atom is 0.236 e. The van der Waals surface area contributed by atoms with Gasteiger partial charge in [-0.05, 0) is 13.8 Å². The summed E-state index contributed by atoms with van der Waals surface area (Å²) in [5.74, 6) is 1.78. The summed E-state index contributed by atoms with van der Waals surface area (Å²) < 4.78 is 14.1. The molecule has 0 amide bonds. The zero-order valence-electron chi connectivity index (χ0n) is 13.9. The highest BCUT2D eigenvalue weighted by molar-refractivity contribution is 6.31. The molecule has 3 aromatic heterocycles. The Balaban J connectivity index is 2.23. The molecule has 0 aromatic carbocycles. The molecule has 0 saturated carbocycles. The van der Waals surface area contributed by atoms with Gasteiger partial charge in [-0.15, -0.1) is 0 Å². The van der Waals surface area contributed by atoms with Gasteiger partial charge in [0.25, 0.3) is 0 Å². The van der Waals surface area contributed by atoms with E-state index in [1.165, 1.54) is 0 Å². The first-order valence-electron chi connectivity index (χ1n) is 7.44. The number of aromatic nitrogens is 5. The molecule has 1 unspecified atom stereocenters. The van der Waals surface area contributed by atoms with Crippen LogP contribution in [0.25, 0.3) is 11.5 Å². The molecule has 0 spiro atoms. The fraction of sp³-hybridized carbons (Fsp3) is 0.400. The smallest absolute Gasteiger partial charge is 0.236 e. The molecule has 0 saturated heterocycles. The summed E-state index contributed by atoms with van der Waals surface area (Å²) in [6, 6.07) is 1.87. The molecule has 0 aliphatic heterocycles. The molecule has 8 nitrogen and oxygen atoms in total. The van der Waals surface area contributed by atoms with Crippen molar-refractivity contribution in [1.29, 1.82) is 0 Å². The monoisotopic (exact) mass is 350 g/mol. The summed E-state index contributed by atoms with van der Waals surface area (Å²) in [5, 5.41) is 8.16. The van der Waals surface area contributed by atoms with Gasteiger partial charge in [-0.2, -0.15) is 14.8 Å². The third-order valence-corrected chi connectivity index (χ3v) is 3.76. The van der Waals surface area contributed by atoms with E-state index < -0.39 is 0 Å². The molecule has 0 aliphatic rings. The van der Waals surface area contributed by atoms with Crippen LogP contribution in [0.3, 0.4) is 0 Å².